The van der Waals surface area contributed by atoms with E-state index in [0.717, 1.165) is 29.0 Å². The minimum Gasteiger partial charge on any atom is -0.484 e. The van der Waals surface area contributed by atoms with Gasteiger partial charge in [0, 0.05) is 6.54 Å². The minimum atomic E-state index is 0.432. The molecule has 18 heavy (non-hydrogen) atoms. The predicted octanol–water partition coefficient (Wildman–Crippen LogP) is 3.34. The first-order valence-corrected chi connectivity index (χ1v) is 6.75. The molecule has 1 aromatic heterocycles. The Bertz CT molecular complexity index is 525. The Labute approximate surface area is 115 Å². The van der Waals surface area contributed by atoms with Crippen molar-refractivity contribution >= 4 is 15.9 Å². The molecule has 2 aromatic rings. The lowest BCUT2D eigenvalue weighted by molar-refractivity contribution is 0.284. The molecule has 1 heterocycles. The summed E-state index contributed by atoms with van der Waals surface area (Å²) in [5, 5.41) is 4.17. The van der Waals surface area contributed by atoms with Crippen LogP contribution in [0, 0.1) is 6.92 Å². The van der Waals surface area contributed by atoms with Gasteiger partial charge in [0.15, 0.2) is 5.82 Å². The SMILES string of the molecule is CCCn1ncnc1COc1ccc(C)cc1Br. The summed E-state index contributed by atoms with van der Waals surface area (Å²) >= 11 is 3.49. The molecule has 0 saturated heterocycles. The largest absolute Gasteiger partial charge is 0.484 e. The highest BCUT2D eigenvalue weighted by Crippen LogP contribution is 2.26. The predicted molar refractivity (Wildman–Crippen MR) is 73.5 cm³/mol. The lowest BCUT2D eigenvalue weighted by Crippen LogP contribution is -2.08. The molecule has 0 aliphatic rings. The maximum Gasteiger partial charge on any atom is 0.164 e. The quantitative estimate of drug-likeness (QED) is 0.850. The molecule has 0 spiro atoms. The first kappa shape index (κ1) is 13.1. The average molecular weight is 310 g/mol. The zero-order chi connectivity index (χ0) is 13.0. The lowest BCUT2D eigenvalue weighted by atomic mass is 10.2. The van der Waals surface area contributed by atoms with Crippen LogP contribution in [0.3, 0.4) is 0 Å². The van der Waals surface area contributed by atoms with Crippen LogP contribution in [-0.2, 0) is 13.2 Å². The highest BCUT2D eigenvalue weighted by Gasteiger charge is 2.06. The molecule has 0 atom stereocenters. The third-order valence-corrected chi connectivity index (χ3v) is 3.19. The van der Waals surface area contributed by atoms with Gasteiger partial charge in [0.1, 0.15) is 18.7 Å². The maximum absolute atomic E-state index is 5.75. The Balaban J connectivity index is 2.04. The number of halogens is 1. The van der Waals surface area contributed by atoms with E-state index in [2.05, 4.69) is 32.9 Å². The van der Waals surface area contributed by atoms with Gasteiger partial charge in [-0.25, -0.2) is 9.67 Å². The van der Waals surface area contributed by atoms with E-state index in [1.165, 1.54) is 5.56 Å². The highest BCUT2D eigenvalue weighted by atomic mass is 79.9. The van der Waals surface area contributed by atoms with E-state index in [9.17, 15) is 0 Å². The normalized spacial score (nSPS) is 10.6. The fraction of sp³-hybridized carbons (Fsp3) is 0.385. The standard InChI is InChI=1S/C13H16BrN3O/c1-3-6-17-13(15-9-16-17)8-18-12-5-4-10(2)7-11(12)14/h4-5,7,9H,3,6,8H2,1-2H3. The van der Waals surface area contributed by atoms with Crippen LogP contribution >= 0.6 is 15.9 Å². The molecule has 0 unspecified atom stereocenters. The van der Waals surface area contributed by atoms with Gasteiger partial charge < -0.3 is 4.74 Å². The van der Waals surface area contributed by atoms with Crippen LogP contribution in [0.25, 0.3) is 0 Å². The molecule has 0 aliphatic heterocycles. The average Bonchev–Trinajstić information content (AvgIpc) is 2.76. The van der Waals surface area contributed by atoms with Crippen LogP contribution in [0.5, 0.6) is 5.75 Å². The zero-order valence-electron chi connectivity index (χ0n) is 10.6. The summed E-state index contributed by atoms with van der Waals surface area (Å²) in [6.45, 7) is 5.46. The van der Waals surface area contributed by atoms with Gasteiger partial charge in [-0.2, -0.15) is 5.10 Å². The third-order valence-electron chi connectivity index (χ3n) is 2.58. The Morgan fingerprint density at radius 1 is 1.39 bits per heavy atom. The van der Waals surface area contributed by atoms with Gasteiger partial charge in [-0.05, 0) is 47.0 Å². The van der Waals surface area contributed by atoms with Crippen LogP contribution in [-0.4, -0.2) is 14.8 Å². The number of ether oxygens (including phenoxy) is 1. The van der Waals surface area contributed by atoms with E-state index in [0.29, 0.717) is 6.61 Å². The summed E-state index contributed by atoms with van der Waals surface area (Å²) in [6.07, 6.45) is 2.60. The van der Waals surface area contributed by atoms with Crippen LogP contribution in [0.2, 0.25) is 0 Å². The van der Waals surface area contributed by atoms with Gasteiger partial charge in [-0.15, -0.1) is 0 Å². The number of nitrogens with zero attached hydrogens (tertiary/aromatic N) is 3. The third kappa shape index (κ3) is 3.10. The summed E-state index contributed by atoms with van der Waals surface area (Å²) in [5.41, 5.74) is 1.20. The van der Waals surface area contributed by atoms with Gasteiger partial charge in [-0.3, -0.25) is 0 Å². The lowest BCUT2D eigenvalue weighted by Gasteiger charge is -2.09. The molecule has 0 bridgehead atoms. The number of hydrogen-bond acceptors (Lipinski definition) is 3. The molecular weight excluding hydrogens is 294 g/mol. The molecule has 0 N–H and O–H groups in total. The zero-order valence-corrected chi connectivity index (χ0v) is 12.1. The molecule has 2 rings (SSSR count). The maximum atomic E-state index is 5.75. The van der Waals surface area contributed by atoms with Crippen molar-refractivity contribution in [1.29, 1.82) is 0 Å². The topological polar surface area (TPSA) is 39.9 Å². The number of hydrogen-bond donors (Lipinski definition) is 0. The fourth-order valence-corrected chi connectivity index (χ4v) is 2.27. The summed E-state index contributed by atoms with van der Waals surface area (Å²) in [6, 6.07) is 6.02. The molecule has 0 radical (unpaired) electrons. The van der Waals surface area contributed by atoms with Gasteiger partial charge in [-0.1, -0.05) is 13.0 Å². The van der Waals surface area contributed by atoms with Crippen molar-refractivity contribution in [2.45, 2.75) is 33.4 Å². The summed E-state index contributed by atoms with van der Waals surface area (Å²) < 4.78 is 8.59. The second kappa shape index (κ2) is 6.00. The monoisotopic (exact) mass is 309 g/mol. The number of aryl methyl sites for hydroxylation is 2. The molecule has 0 saturated carbocycles. The molecule has 4 nitrogen and oxygen atoms in total. The van der Waals surface area contributed by atoms with Crippen molar-refractivity contribution in [3.05, 3.63) is 40.4 Å². The number of rotatable bonds is 5. The Hall–Kier alpha value is -1.36. The fourth-order valence-electron chi connectivity index (χ4n) is 1.66. The molecule has 1 aromatic carbocycles. The van der Waals surface area contributed by atoms with Gasteiger partial charge >= 0.3 is 0 Å². The Morgan fingerprint density at radius 3 is 2.94 bits per heavy atom. The van der Waals surface area contributed by atoms with E-state index in [-0.39, 0.29) is 0 Å². The molecule has 0 amide bonds. The van der Waals surface area contributed by atoms with Crippen molar-refractivity contribution in [3.8, 4) is 5.75 Å². The van der Waals surface area contributed by atoms with Crippen molar-refractivity contribution < 1.29 is 4.74 Å². The summed E-state index contributed by atoms with van der Waals surface area (Å²) in [7, 11) is 0. The van der Waals surface area contributed by atoms with E-state index in [4.69, 9.17) is 4.74 Å². The molecule has 0 aliphatic carbocycles. The molecular formula is C13H16BrN3O. The first-order valence-electron chi connectivity index (χ1n) is 5.96. The molecule has 5 heteroatoms. The van der Waals surface area contributed by atoms with E-state index >= 15 is 0 Å². The van der Waals surface area contributed by atoms with Crippen molar-refractivity contribution in [2.75, 3.05) is 0 Å². The van der Waals surface area contributed by atoms with E-state index in [1.54, 1.807) is 6.33 Å². The van der Waals surface area contributed by atoms with Gasteiger partial charge in [0.25, 0.3) is 0 Å². The first-order chi connectivity index (χ1) is 8.70. The number of aromatic nitrogens is 3. The minimum absolute atomic E-state index is 0.432. The Morgan fingerprint density at radius 2 is 2.22 bits per heavy atom. The van der Waals surface area contributed by atoms with E-state index in [1.807, 2.05) is 29.8 Å². The van der Waals surface area contributed by atoms with Gasteiger partial charge in [0.2, 0.25) is 0 Å². The molecule has 96 valence electrons. The van der Waals surface area contributed by atoms with Crippen molar-refractivity contribution in [2.24, 2.45) is 0 Å². The number of benzene rings is 1. The van der Waals surface area contributed by atoms with Crippen LogP contribution in [0.4, 0.5) is 0 Å². The highest BCUT2D eigenvalue weighted by molar-refractivity contribution is 9.10. The van der Waals surface area contributed by atoms with Crippen LogP contribution in [0.15, 0.2) is 29.0 Å². The second-order valence-electron chi connectivity index (χ2n) is 4.12. The van der Waals surface area contributed by atoms with Crippen LogP contribution < -0.4 is 4.74 Å². The Kier molecular flexibility index (Phi) is 4.36. The van der Waals surface area contributed by atoms with E-state index < -0.39 is 0 Å². The summed E-state index contributed by atoms with van der Waals surface area (Å²) in [4.78, 5) is 4.21. The smallest absolute Gasteiger partial charge is 0.164 e. The van der Waals surface area contributed by atoms with Crippen LogP contribution in [0.1, 0.15) is 24.7 Å². The van der Waals surface area contributed by atoms with Crippen molar-refractivity contribution in [1.82, 2.24) is 14.8 Å². The van der Waals surface area contributed by atoms with Crippen molar-refractivity contribution in [3.63, 3.8) is 0 Å². The molecule has 0 fully saturated rings. The van der Waals surface area contributed by atoms with Gasteiger partial charge in [0.05, 0.1) is 4.47 Å². The second-order valence-corrected chi connectivity index (χ2v) is 4.98. The summed E-state index contributed by atoms with van der Waals surface area (Å²) in [5.74, 6) is 1.68.